The molecule has 0 aromatic heterocycles. The highest BCUT2D eigenvalue weighted by atomic mass is 32.2. The number of anilines is 1. The Balaban J connectivity index is 2.25. The zero-order valence-corrected chi connectivity index (χ0v) is 12.9. The second-order valence-corrected chi connectivity index (χ2v) is 5.67. The van der Waals surface area contributed by atoms with Crippen LogP contribution in [0.2, 0.25) is 0 Å². The van der Waals surface area contributed by atoms with Crippen LogP contribution >= 0.6 is 11.8 Å². The van der Waals surface area contributed by atoms with Gasteiger partial charge >= 0.3 is 0 Å². The molecule has 0 heterocycles. The van der Waals surface area contributed by atoms with Gasteiger partial charge in [0.25, 0.3) is 5.69 Å². The lowest BCUT2D eigenvalue weighted by atomic mass is 10.1. The molecule has 21 heavy (non-hydrogen) atoms. The van der Waals surface area contributed by atoms with Crippen molar-refractivity contribution in [1.29, 1.82) is 0 Å². The van der Waals surface area contributed by atoms with Crippen LogP contribution in [0.25, 0.3) is 0 Å². The molecule has 5 heteroatoms. The molecule has 0 aliphatic heterocycles. The van der Waals surface area contributed by atoms with Crippen molar-refractivity contribution in [3.8, 4) is 0 Å². The average molecular weight is 302 g/mol. The summed E-state index contributed by atoms with van der Waals surface area (Å²) in [5.41, 5.74) is 2.95. The fourth-order valence-electron chi connectivity index (χ4n) is 2.11. The second kappa shape index (κ2) is 7.13. The standard InChI is InChI=1S/C16H18N2O2S/c1-3-17-16-13(8-6-9-14(16)18(19)20)11-21-15-10-5-4-7-12(15)2/h4-10,17H,3,11H2,1-2H3. The topological polar surface area (TPSA) is 55.2 Å². The Morgan fingerprint density at radius 3 is 2.62 bits per heavy atom. The van der Waals surface area contributed by atoms with Gasteiger partial charge in [-0.1, -0.05) is 30.3 Å². The lowest BCUT2D eigenvalue weighted by Gasteiger charge is -2.11. The smallest absolute Gasteiger partial charge is 0.292 e. The summed E-state index contributed by atoms with van der Waals surface area (Å²) in [7, 11) is 0. The van der Waals surface area contributed by atoms with Gasteiger partial charge in [0.1, 0.15) is 5.69 Å². The van der Waals surface area contributed by atoms with Gasteiger partial charge in [-0.15, -0.1) is 11.8 Å². The third-order valence-electron chi connectivity index (χ3n) is 3.16. The number of nitro groups is 1. The first kappa shape index (κ1) is 15.4. The highest BCUT2D eigenvalue weighted by Crippen LogP contribution is 2.33. The second-order valence-electron chi connectivity index (χ2n) is 4.65. The van der Waals surface area contributed by atoms with Crippen molar-refractivity contribution in [2.24, 2.45) is 0 Å². The summed E-state index contributed by atoms with van der Waals surface area (Å²) in [6, 6.07) is 13.4. The predicted molar refractivity (Wildman–Crippen MR) is 88.0 cm³/mol. The van der Waals surface area contributed by atoms with E-state index in [-0.39, 0.29) is 10.6 Å². The van der Waals surface area contributed by atoms with E-state index in [1.54, 1.807) is 23.9 Å². The number of para-hydroxylation sites is 1. The van der Waals surface area contributed by atoms with Gasteiger partial charge in [-0.25, -0.2) is 0 Å². The highest BCUT2D eigenvalue weighted by Gasteiger charge is 2.16. The molecule has 0 bridgehead atoms. The number of nitro benzene ring substituents is 1. The molecule has 0 aliphatic carbocycles. The van der Waals surface area contributed by atoms with Crippen LogP contribution in [0.15, 0.2) is 47.4 Å². The number of benzene rings is 2. The van der Waals surface area contributed by atoms with Gasteiger partial charge in [-0.3, -0.25) is 10.1 Å². The van der Waals surface area contributed by atoms with Crippen molar-refractivity contribution >= 4 is 23.1 Å². The molecule has 0 spiro atoms. The van der Waals surface area contributed by atoms with Gasteiger partial charge in [-0.2, -0.15) is 0 Å². The fourth-order valence-corrected chi connectivity index (χ4v) is 3.14. The Bertz CT molecular complexity index is 644. The Morgan fingerprint density at radius 1 is 1.19 bits per heavy atom. The summed E-state index contributed by atoms with van der Waals surface area (Å²) >= 11 is 1.70. The highest BCUT2D eigenvalue weighted by molar-refractivity contribution is 7.98. The van der Waals surface area contributed by atoms with E-state index in [1.165, 1.54) is 10.5 Å². The van der Waals surface area contributed by atoms with Crippen LogP contribution in [-0.4, -0.2) is 11.5 Å². The number of rotatable bonds is 6. The number of nitrogens with zero attached hydrogens (tertiary/aromatic N) is 1. The predicted octanol–water partition coefficient (Wildman–Crippen LogP) is 4.63. The lowest BCUT2D eigenvalue weighted by Crippen LogP contribution is -2.04. The maximum absolute atomic E-state index is 11.1. The number of nitrogens with one attached hydrogen (secondary N) is 1. The Hall–Kier alpha value is -2.01. The minimum absolute atomic E-state index is 0.139. The summed E-state index contributed by atoms with van der Waals surface area (Å²) in [6.07, 6.45) is 0. The van der Waals surface area contributed by atoms with Crippen molar-refractivity contribution in [2.45, 2.75) is 24.5 Å². The molecule has 2 rings (SSSR count). The molecule has 0 aliphatic rings. The molecule has 0 amide bonds. The first-order chi connectivity index (χ1) is 10.1. The third kappa shape index (κ3) is 3.76. The van der Waals surface area contributed by atoms with E-state index in [2.05, 4.69) is 24.4 Å². The van der Waals surface area contributed by atoms with E-state index in [9.17, 15) is 10.1 Å². The minimum atomic E-state index is -0.333. The first-order valence-corrected chi connectivity index (χ1v) is 7.80. The van der Waals surface area contributed by atoms with Gasteiger partial charge in [0, 0.05) is 23.3 Å². The molecule has 0 atom stereocenters. The quantitative estimate of drug-likeness (QED) is 0.480. The molecule has 0 saturated heterocycles. The summed E-state index contributed by atoms with van der Waals surface area (Å²) in [5.74, 6) is 0.703. The monoisotopic (exact) mass is 302 g/mol. The molecule has 2 aromatic carbocycles. The van der Waals surface area contributed by atoms with Gasteiger partial charge in [0.15, 0.2) is 0 Å². The molecule has 0 fully saturated rings. The Kier molecular flexibility index (Phi) is 5.22. The fraction of sp³-hybridized carbons (Fsp3) is 0.250. The van der Waals surface area contributed by atoms with Crippen LogP contribution < -0.4 is 5.32 Å². The maximum Gasteiger partial charge on any atom is 0.292 e. The van der Waals surface area contributed by atoms with Gasteiger partial charge in [-0.05, 0) is 31.0 Å². The summed E-state index contributed by atoms with van der Waals surface area (Å²) in [6.45, 7) is 4.67. The van der Waals surface area contributed by atoms with Crippen LogP contribution in [0.4, 0.5) is 11.4 Å². The van der Waals surface area contributed by atoms with Crippen LogP contribution in [0.1, 0.15) is 18.1 Å². The number of hydrogen-bond acceptors (Lipinski definition) is 4. The third-order valence-corrected chi connectivity index (χ3v) is 4.38. The molecule has 4 nitrogen and oxygen atoms in total. The zero-order valence-electron chi connectivity index (χ0n) is 12.1. The van der Waals surface area contributed by atoms with Crippen molar-refractivity contribution in [3.05, 3.63) is 63.7 Å². The van der Waals surface area contributed by atoms with Crippen molar-refractivity contribution in [3.63, 3.8) is 0 Å². The Morgan fingerprint density at radius 2 is 1.95 bits per heavy atom. The lowest BCUT2D eigenvalue weighted by molar-refractivity contribution is -0.384. The number of thioether (sulfide) groups is 1. The van der Waals surface area contributed by atoms with Gasteiger partial charge in [0.2, 0.25) is 0 Å². The Labute approximate surface area is 128 Å². The van der Waals surface area contributed by atoms with E-state index in [1.807, 2.05) is 25.1 Å². The minimum Gasteiger partial charge on any atom is -0.380 e. The van der Waals surface area contributed by atoms with E-state index in [0.717, 1.165) is 5.56 Å². The first-order valence-electron chi connectivity index (χ1n) is 6.82. The SMILES string of the molecule is CCNc1c(CSc2ccccc2C)cccc1[N+](=O)[O-]. The van der Waals surface area contributed by atoms with Crippen molar-refractivity contribution in [2.75, 3.05) is 11.9 Å². The molecular formula is C16H18N2O2S. The van der Waals surface area contributed by atoms with E-state index < -0.39 is 0 Å². The molecule has 0 radical (unpaired) electrons. The molecule has 110 valence electrons. The van der Waals surface area contributed by atoms with Crippen LogP contribution in [-0.2, 0) is 5.75 Å². The molecular weight excluding hydrogens is 284 g/mol. The van der Waals surface area contributed by atoms with E-state index in [4.69, 9.17) is 0 Å². The van der Waals surface area contributed by atoms with Gasteiger partial charge < -0.3 is 5.32 Å². The van der Waals surface area contributed by atoms with Crippen molar-refractivity contribution in [1.82, 2.24) is 0 Å². The largest absolute Gasteiger partial charge is 0.380 e. The molecule has 1 N–H and O–H groups in total. The number of hydrogen-bond donors (Lipinski definition) is 1. The van der Waals surface area contributed by atoms with E-state index in [0.29, 0.717) is 18.0 Å². The summed E-state index contributed by atoms with van der Waals surface area (Å²) < 4.78 is 0. The molecule has 0 unspecified atom stereocenters. The van der Waals surface area contributed by atoms with Crippen LogP contribution in [0, 0.1) is 17.0 Å². The summed E-state index contributed by atoms with van der Waals surface area (Å²) in [5, 5.41) is 14.3. The summed E-state index contributed by atoms with van der Waals surface area (Å²) in [4.78, 5) is 12.0. The normalized spacial score (nSPS) is 10.4. The van der Waals surface area contributed by atoms with E-state index >= 15 is 0 Å². The van der Waals surface area contributed by atoms with Crippen LogP contribution in [0.3, 0.4) is 0 Å². The average Bonchev–Trinajstić information content (AvgIpc) is 2.47. The van der Waals surface area contributed by atoms with Crippen molar-refractivity contribution < 1.29 is 4.92 Å². The zero-order chi connectivity index (χ0) is 15.2. The molecule has 2 aromatic rings. The van der Waals surface area contributed by atoms with Gasteiger partial charge in [0.05, 0.1) is 4.92 Å². The number of aryl methyl sites for hydroxylation is 1. The van der Waals surface area contributed by atoms with Crippen LogP contribution in [0.5, 0.6) is 0 Å². The molecule has 0 saturated carbocycles. The maximum atomic E-state index is 11.1.